The summed E-state index contributed by atoms with van der Waals surface area (Å²) in [5.74, 6) is 0.891. The molecule has 0 atom stereocenters. The van der Waals surface area contributed by atoms with Gasteiger partial charge in [-0.3, -0.25) is 4.79 Å². The average molecular weight is 411 g/mol. The van der Waals surface area contributed by atoms with Crippen molar-refractivity contribution in [3.05, 3.63) is 59.2 Å². The summed E-state index contributed by atoms with van der Waals surface area (Å²) in [5.41, 5.74) is 4.22. The fourth-order valence-corrected chi connectivity index (χ4v) is 4.07. The van der Waals surface area contributed by atoms with E-state index in [4.69, 9.17) is 9.84 Å². The minimum absolute atomic E-state index is 0.0516. The van der Waals surface area contributed by atoms with Crippen LogP contribution >= 0.6 is 11.8 Å². The number of hydrogen-bond acceptors (Lipinski definition) is 4. The van der Waals surface area contributed by atoms with Crippen LogP contribution < -0.4 is 4.74 Å². The minimum atomic E-state index is -0.307. The highest BCUT2D eigenvalue weighted by Gasteiger charge is 2.38. The number of amides is 1. The van der Waals surface area contributed by atoms with Crippen molar-refractivity contribution in [2.24, 2.45) is 5.10 Å². The Hall–Kier alpha value is -2.27. The summed E-state index contributed by atoms with van der Waals surface area (Å²) in [6, 6.07) is 14.5. The van der Waals surface area contributed by atoms with Crippen LogP contribution in [0.5, 0.6) is 5.75 Å². The SMILES string of the molecule is CSc1ccc(OCCCC(=O)N2N=C(c3cc(C)cc(C)c3)CC2(C)C)cc1. The lowest BCUT2D eigenvalue weighted by Crippen LogP contribution is -2.40. The average Bonchev–Trinajstić information content (AvgIpc) is 3.00. The molecule has 2 aromatic rings. The van der Waals surface area contributed by atoms with E-state index < -0.39 is 0 Å². The highest BCUT2D eigenvalue weighted by atomic mass is 32.2. The van der Waals surface area contributed by atoms with Gasteiger partial charge in [-0.05, 0) is 70.2 Å². The Morgan fingerprint density at radius 2 is 1.79 bits per heavy atom. The van der Waals surface area contributed by atoms with Gasteiger partial charge in [-0.2, -0.15) is 5.10 Å². The monoisotopic (exact) mass is 410 g/mol. The van der Waals surface area contributed by atoms with Crippen LogP contribution in [0.4, 0.5) is 0 Å². The molecule has 1 heterocycles. The van der Waals surface area contributed by atoms with Crippen molar-refractivity contribution >= 4 is 23.4 Å². The molecule has 1 amide bonds. The molecule has 0 fully saturated rings. The summed E-state index contributed by atoms with van der Waals surface area (Å²) in [4.78, 5) is 14.0. The van der Waals surface area contributed by atoms with Gasteiger partial charge in [0.15, 0.2) is 0 Å². The third kappa shape index (κ3) is 5.41. The fourth-order valence-electron chi connectivity index (χ4n) is 3.66. The molecule has 0 spiro atoms. The molecule has 0 aliphatic carbocycles. The number of ether oxygens (including phenoxy) is 1. The molecule has 0 unspecified atom stereocenters. The number of nitrogens with zero attached hydrogens (tertiary/aromatic N) is 2. The summed E-state index contributed by atoms with van der Waals surface area (Å²) in [6.07, 6.45) is 3.91. The zero-order chi connectivity index (χ0) is 21.0. The number of benzene rings is 2. The summed E-state index contributed by atoms with van der Waals surface area (Å²) >= 11 is 1.71. The maximum atomic E-state index is 12.8. The van der Waals surface area contributed by atoms with Gasteiger partial charge in [0.05, 0.1) is 17.9 Å². The van der Waals surface area contributed by atoms with Gasteiger partial charge in [-0.15, -0.1) is 11.8 Å². The van der Waals surface area contributed by atoms with Crippen LogP contribution in [-0.4, -0.2) is 35.0 Å². The largest absolute Gasteiger partial charge is 0.494 e. The van der Waals surface area contributed by atoms with E-state index in [0.29, 0.717) is 19.4 Å². The van der Waals surface area contributed by atoms with Crippen LogP contribution in [0.25, 0.3) is 0 Å². The van der Waals surface area contributed by atoms with Crippen molar-refractivity contribution in [2.45, 2.75) is 57.4 Å². The highest BCUT2D eigenvalue weighted by Crippen LogP contribution is 2.31. The maximum Gasteiger partial charge on any atom is 0.243 e. The van der Waals surface area contributed by atoms with E-state index in [9.17, 15) is 4.79 Å². The highest BCUT2D eigenvalue weighted by molar-refractivity contribution is 7.98. The van der Waals surface area contributed by atoms with Crippen molar-refractivity contribution in [3.63, 3.8) is 0 Å². The molecule has 0 N–H and O–H groups in total. The van der Waals surface area contributed by atoms with Crippen LogP contribution in [0.1, 0.15) is 49.8 Å². The predicted molar refractivity (Wildman–Crippen MR) is 121 cm³/mol. The molecule has 2 aromatic carbocycles. The molecule has 1 aliphatic rings. The number of hydrogen-bond donors (Lipinski definition) is 0. The Balaban J connectivity index is 1.58. The third-order valence-electron chi connectivity index (χ3n) is 5.05. The lowest BCUT2D eigenvalue weighted by atomic mass is 9.93. The van der Waals surface area contributed by atoms with Crippen molar-refractivity contribution in [1.29, 1.82) is 0 Å². The molecule has 29 heavy (non-hydrogen) atoms. The molecule has 0 radical (unpaired) electrons. The molecule has 5 heteroatoms. The second kappa shape index (κ2) is 9.04. The van der Waals surface area contributed by atoms with Crippen LogP contribution in [0, 0.1) is 13.8 Å². The van der Waals surface area contributed by atoms with Crippen LogP contribution in [0.2, 0.25) is 0 Å². The van der Waals surface area contributed by atoms with Gasteiger partial charge in [0, 0.05) is 17.7 Å². The van der Waals surface area contributed by atoms with E-state index in [1.54, 1.807) is 16.8 Å². The zero-order valence-corrected chi connectivity index (χ0v) is 18.8. The molecule has 0 aromatic heterocycles. The maximum absolute atomic E-state index is 12.8. The van der Waals surface area contributed by atoms with Crippen molar-refractivity contribution < 1.29 is 9.53 Å². The van der Waals surface area contributed by atoms with Gasteiger partial charge >= 0.3 is 0 Å². The molecule has 0 saturated carbocycles. The van der Waals surface area contributed by atoms with Crippen molar-refractivity contribution in [3.8, 4) is 5.75 Å². The Labute approximate surface area is 178 Å². The molecular formula is C24H30N2O2S. The molecule has 0 saturated heterocycles. The topological polar surface area (TPSA) is 41.9 Å². The first kappa shape index (κ1) is 21.4. The fraction of sp³-hybridized carbons (Fsp3) is 0.417. The second-order valence-electron chi connectivity index (χ2n) is 8.25. The van der Waals surface area contributed by atoms with Gasteiger partial charge in [-0.1, -0.05) is 29.3 Å². The van der Waals surface area contributed by atoms with Crippen molar-refractivity contribution in [1.82, 2.24) is 5.01 Å². The number of hydrazone groups is 1. The van der Waals surface area contributed by atoms with Crippen molar-refractivity contribution in [2.75, 3.05) is 12.9 Å². The predicted octanol–water partition coefficient (Wildman–Crippen LogP) is 5.60. The first-order chi connectivity index (χ1) is 13.8. The first-order valence-corrected chi connectivity index (χ1v) is 11.3. The lowest BCUT2D eigenvalue weighted by molar-refractivity contribution is -0.135. The number of aryl methyl sites for hydroxylation is 2. The Morgan fingerprint density at radius 3 is 2.41 bits per heavy atom. The van der Waals surface area contributed by atoms with E-state index in [0.717, 1.165) is 23.4 Å². The molecule has 1 aliphatic heterocycles. The van der Waals surface area contributed by atoms with Gasteiger partial charge in [0.25, 0.3) is 0 Å². The normalized spacial score (nSPS) is 15.3. The van der Waals surface area contributed by atoms with Gasteiger partial charge in [0.1, 0.15) is 5.75 Å². The summed E-state index contributed by atoms with van der Waals surface area (Å²) in [7, 11) is 0. The van der Waals surface area contributed by atoms with Crippen LogP contribution in [0.3, 0.4) is 0 Å². The zero-order valence-electron chi connectivity index (χ0n) is 18.0. The molecule has 0 bridgehead atoms. The molecule has 3 rings (SSSR count). The van der Waals surface area contributed by atoms with Gasteiger partial charge in [0.2, 0.25) is 5.91 Å². The lowest BCUT2D eigenvalue weighted by Gasteiger charge is -2.28. The number of thioether (sulfide) groups is 1. The molecule has 4 nitrogen and oxygen atoms in total. The van der Waals surface area contributed by atoms with E-state index >= 15 is 0 Å². The minimum Gasteiger partial charge on any atom is -0.494 e. The van der Waals surface area contributed by atoms with E-state index in [1.807, 2.05) is 24.3 Å². The third-order valence-corrected chi connectivity index (χ3v) is 5.79. The summed E-state index contributed by atoms with van der Waals surface area (Å²) in [6.45, 7) is 8.86. The van der Waals surface area contributed by atoms with Gasteiger partial charge in [-0.25, -0.2) is 5.01 Å². The van der Waals surface area contributed by atoms with E-state index in [-0.39, 0.29) is 11.4 Å². The quantitative estimate of drug-likeness (QED) is 0.441. The van der Waals surface area contributed by atoms with E-state index in [2.05, 4.69) is 52.1 Å². The second-order valence-corrected chi connectivity index (χ2v) is 9.13. The molecular weight excluding hydrogens is 380 g/mol. The number of rotatable bonds is 7. The Morgan fingerprint density at radius 1 is 1.14 bits per heavy atom. The number of carbonyl (C=O) groups is 1. The van der Waals surface area contributed by atoms with Crippen LogP contribution in [0.15, 0.2) is 52.5 Å². The summed E-state index contributed by atoms with van der Waals surface area (Å²) in [5, 5.41) is 6.38. The standard InChI is InChI=1S/C24H30N2O2S/c1-17-13-18(2)15-19(14-17)22-16-24(3,4)26(25-22)23(27)7-6-12-28-20-8-10-21(29-5)11-9-20/h8-11,13-15H,6-7,12,16H2,1-5H3. The number of carbonyl (C=O) groups excluding carboxylic acids is 1. The Kier molecular flexibility index (Phi) is 6.68. The van der Waals surface area contributed by atoms with E-state index in [1.165, 1.54) is 16.0 Å². The van der Waals surface area contributed by atoms with Crippen LogP contribution in [-0.2, 0) is 4.79 Å². The smallest absolute Gasteiger partial charge is 0.243 e. The molecule has 154 valence electrons. The van der Waals surface area contributed by atoms with Gasteiger partial charge < -0.3 is 4.74 Å². The summed E-state index contributed by atoms with van der Waals surface area (Å²) < 4.78 is 5.77. The first-order valence-electron chi connectivity index (χ1n) is 10.0. The Bertz CT molecular complexity index is 883.